The molecule has 0 rings (SSSR count). The molecule has 0 saturated heterocycles. The summed E-state index contributed by atoms with van der Waals surface area (Å²) in [5.74, 6) is -1.03. The first-order valence-electron chi connectivity index (χ1n) is 3.51. The lowest BCUT2D eigenvalue weighted by molar-refractivity contribution is -0.138. The maximum Gasteiger partial charge on any atom is 0.330 e. The van der Waals surface area contributed by atoms with E-state index in [2.05, 4.69) is 5.11 Å². The fourth-order valence-electron chi connectivity index (χ4n) is 0.725. The summed E-state index contributed by atoms with van der Waals surface area (Å²) in [6.07, 6.45) is 1.92. The Labute approximate surface area is 65.1 Å². The van der Waals surface area contributed by atoms with Gasteiger partial charge in [-0.1, -0.05) is 0 Å². The molecule has 4 N–H and O–H groups in total. The van der Waals surface area contributed by atoms with Gasteiger partial charge in [-0.05, 0) is 25.8 Å². The molecule has 0 aliphatic heterocycles. The zero-order valence-electron chi connectivity index (χ0n) is 6.29. The van der Waals surface area contributed by atoms with E-state index in [-0.39, 0.29) is 0 Å². The Hall–Kier alpha value is -0.970. The summed E-state index contributed by atoms with van der Waals surface area (Å²) in [7, 11) is 0. The zero-order valence-corrected chi connectivity index (χ0v) is 6.29. The lowest BCUT2D eigenvalue weighted by Gasteiger charge is -2.02. The minimum Gasteiger partial charge on any atom is -0.480 e. The maximum absolute atomic E-state index is 10.3. The number of carboxylic acid groups (broad SMARTS) is 1. The second-order valence-electron chi connectivity index (χ2n) is 2.27. The van der Waals surface area contributed by atoms with E-state index in [9.17, 15) is 4.79 Å². The molecule has 5 nitrogen and oxygen atoms in total. The van der Waals surface area contributed by atoms with Crippen molar-refractivity contribution in [3.8, 4) is 0 Å². The van der Waals surface area contributed by atoms with Crippen LogP contribution in [0.25, 0.3) is 0 Å². The van der Waals surface area contributed by atoms with E-state index in [1.807, 2.05) is 0 Å². The molecule has 5 heteroatoms. The van der Waals surface area contributed by atoms with Crippen molar-refractivity contribution < 1.29 is 9.90 Å². The first-order valence-corrected chi connectivity index (χ1v) is 3.51. The SMILES string of the molecule is N=NC(CCCCN)C(=O)O. The average Bonchev–Trinajstić information content (AvgIpc) is 1.97. The van der Waals surface area contributed by atoms with Crippen molar-refractivity contribution in [2.24, 2.45) is 10.8 Å². The van der Waals surface area contributed by atoms with Gasteiger partial charge in [0, 0.05) is 0 Å². The summed E-state index contributed by atoms with van der Waals surface area (Å²) in [6.45, 7) is 0.560. The quantitative estimate of drug-likeness (QED) is 0.390. The Morgan fingerprint density at radius 3 is 2.64 bits per heavy atom. The molecular weight excluding hydrogens is 146 g/mol. The molecule has 0 aliphatic carbocycles. The van der Waals surface area contributed by atoms with Crippen LogP contribution in [-0.4, -0.2) is 23.7 Å². The van der Waals surface area contributed by atoms with Crippen LogP contribution in [0.2, 0.25) is 0 Å². The fraction of sp³-hybridized carbons (Fsp3) is 0.833. The van der Waals surface area contributed by atoms with Crippen molar-refractivity contribution in [3.63, 3.8) is 0 Å². The third kappa shape index (κ3) is 4.44. The monoisotopic (exact) mass is 159 g/mol. The van der Waals surface area contributed by atoms with Gasteiger partial charge in [0.25, 0.3) is 0 Å². The smallest absolute Gasteiger partial charge is 0.330 e. The maximum atomic E-state index is 10.3. The summed E-state index contributed by atoms with van der Waals surface area (Å²) in [5.41, 5.74) is 11.7. The fourth-order valence-corrected chi connectivity index (χ4v) is 0.725. The van der Waals surface area contributed by atoms with Crippen LogP contribution in [0.15, 0.2) is 5.11 Å². The van der Waals surface area contributed by atoms with Crippen LogP contribution < -0.4 is 5.73 Å². The molecule has 0 bridgehead atoms. The van der Waals surface area contributed by atoms with Gasteiger partial charge < -0.3 is 10.8 Å². The predicted molar refractivity (Wildman–Crippen MR) is 39.5 cm³/mol. The Bertz CT molecular complexity index is 138. The van der Waals surface area contributed by atoms with Gasteiger partial charge >= 0.3 is 5.97 Å². The molecule has 1 atom stereocenters. The molecular formula is C6H13N3O2. The van der Waals surface area contributed by atoms with Crippen molar-refractivity contribution >= 4 is 5.97 Å². The first-order chi connectivity index (χ1) is 5.22. The van der Waals surface area contributed by atoms with Crippen LogP contribution >= 0.6 is 0 Å². The van der Waals surface area contributed by atoms with Crippen LogP contribution in [0.1, 0.15) is 19.3 Å². The average molecular weight is 159 g/mol. The minimum atomic E-state index is -1.03. The van der Waals surface area contributed by atoms with Crippen LogP contribution in [0, 0.1) is 5.53 Å². The van der Waals surface area contributed by atoms with Crippen molar-refractivity contribution in [2.75, 3.05) is 6.54 Å². The molecule has 0 amide bonds. The molecule has 0 aromatic heterocycles. The standard InChI is InChI=1S/C6H13N3O2/c7-4-2-1-3-5(9-8)6(10)11/h5,8H,1-4,7H2,(H,10,11). The highest BCUT2D eigenvalue weighted by atomic mass is 16.4. The summed E-state index contributed by atoms with van der Waals surface area (Å²) in [6, 6.07) is -0.874. The number of carboxylic acids is 1. The van der Waals surface area contributed by atoms with E-state index in [1.165, 1.54) is 0 Å². The topological polar surface area (TPSA) is 99.5 Å². The highest BCUT2D eigenvalue weighted by Crippen LogP contribution is 2.03. The molecule has 0 aromatic carbocycles. The van der Waals surface area contributed by atoms with Crippen LogP contribution in [0.4, 0.5) is 0 Å². The number of nitrogens with zero attached hydrogens (tertiary/aromatic N) is 1. The normalized spacial score (nSPS) is 12.5. The number of hydrogen-bond donors (Lipinski definition) is 3. The molecule has 11 heavy (non-hydrogen) atoms. The Morgan fingerprint density at radius 1 is 1.64 bits per heavy atom. The van der Waals surface area contributed by atoms with E-state index < -0.39 is 12.0 Å². The van der Waals surface area contributed by atoms with E-state index in [4.69, 9.17) is 16.4 Å². The lowest BCUT2D eigenvalue weighted by Crippen LogP contribution is -2.17. The number of rotatable bonds is 6. The van der Waals surface area contributed by atoms with Gasteiger partial charge in [0.1, 0.15) is 0 Å². The Balaban J connectivity index is 3.52. The van der Waals surface area contributed by atoms with Crippen molar-refractivity contribution in [3.05, 3.63) is 0 Å². The third-order valence-corrected chi connectivity index (χ3v) is 1.37. The number of aliphatic carboxylic acids is 1. The molecule has 0 heterocycles. The molecule has 1 unspecified atom stereocenters. The van der Waals surface area contributed by atoms with E-state index in [0.29, 0.717) is 13.0 Å². The van der Waals surface area contributed by atoms with Gasteiger partial charge in [0.05, 0.1) is 0 Å². The van der Waals surface area contributed by atoms with Gasteiger partial charge in [-0.2, -0.15) is 5.11 Å². The van der Waals surface area contributed by atoms with Crippen molar-refractivity contribution in [1.29, 1.82) is 5.53 Å². The Morgan fingerprint density at radius 2 is 2.27 bits per heavy atom. The van der Waals surface area contributed by atoms with Crippen molar-refractivity contribution in [2.45, 2.75) is 25.3 Å². The third-order valence-electron chi connectivity index (χ3n) is 1.37. The minimum absolute atomic E-state index is 0.413. The molecule has 0 aromatic rings. The van der Waals surface area contributed by atoms with E-state index in [1.54, 1.807) is 0 Å². The summed E-state index contributed by atoms with van der Waals surface area (Å²) in [4.78, 5) is 10.3. The van der Waals surface area contributed by atoms with Gasteiger partial charge in [-0.25, -0.2) is 10.3 Å². The van der Waals surface area contributed by atoms with Gasteiger partial charge in [0.2, 0.25) is 0 Å². The second-order valence-corrected chi connectivity index (χ2v) is 2.27. The number of nitrogens with one attached hydrogen (secondary N) is 1. The second kappa shape index (κ2) is 5.79. The number of nitrogens with two attached hydrogens (primary N) is 1. The summed E-state index contributed by atoms with van der Waals surface area (Å²) in [5, 5.41) is 11.4. The molecule has 64 valence electrons. The van der Waals surface area contributed by atoms with Gasteiger partial charge in [0.15, 0.2) is 6.04 Å². The molecule has 0 fully saturated rings. The highest BCUT2D eigenvalue weighted by Gasteiger charge is 2.14. The summed E-state index contributed by atoms with van der Waals surface area (Å²) < 4.78 is 0. The van der Waals surface area contributed by atoms with Crippen LogP contribution in [0.3, 0.4) is 0 Å². The lowest BCUT2D eigenvalue weighted by atomic mass is 10.1. The number of unbranched alkanes of at least 4 members (excludes halogenated alkanes) is 1. The van der Waals surface area contributed by atoms with Crippen LogP contribution in [0.5, 0.6) is 0 Å². The number of carbonyl (C=O) groups is 1. The Kier molecular flexibility index (Phi) is 5.28. The van der Waals surface area contributed by atoms with Gasteiger partial charge in [-0.15, -0.1) is 0 Å². The molecule has 0 radical (unpaired) electrons. The van der Waals surface area contributed by atoms with E-state index >= 15 is 0 Å². The van der Waals surface area contributed by atoms with Crippen LogP contribution in [-0.2, 0) is 4.79 Å². The summed E-state index contributed by atoms with van der Waals surface area (Å²) >= 11 is 0. The molecule has 0 aliphatic rings. The number of hydrogen-bond acceptors (Lipinski definition) is 4. The first kappa shape index (κ1) is 10.0. The van der Waals surface area contributed by atoms with Crippen molar-refractivity contribution in [1.82, 2.24) is 0 Å². The zero-order chi connectivity index (χ0) is 8.69. The predicted octanol–water partition coefficient (Wildman–Crippen LogP) is 0.600. The molecule has 0 saturated carbocycles. The largest absolute Gasteiger partial charge is 0.480 e. The highest BCUT2D eigenvalue weighted by molar-refractivity contribution is 5.73. The molecule has 0 spiro atoms. The van der Waals surface area contributed by atoms with Gasteiger partial charge in [-0.3, -0.25) is 0 Å². The van der Waals surface area contributed by atoms with E-state index in [0.717, 1.165) is 12.8 Å².